The van der Waals surface area contributed by atoms with E-state index in [1.165, 1.54) is 32.4 Å². The van der Waals surface area contributed by atoms with Gasteiger partial charge in [0.15, 0.2) is 0 Å². The number of hydrogen-bond acceptors (Lipinski definition) is 3. The van der Waals surface area contributed by atoms with Gasteiger partial charge in [-0.3, -0.25) is 4.79 Å². The summed E-state index contributed by atoms with van der Waals surface area (Å²) in [6.45, 7) is 6.49. The third kappa shape index (κ3) is 4.64. The Hall–Kier alpha value is -0.610. The van der Waals surface area contributed by atoms with Crippen LogP contribution in [0, 0.1) is 5.92 Å². The van der Waals surface area contributed by atoms with Crippen LogP contribution in [-0.4, -0.2) is 50.1 Å². The molecule has 4 heteroatoms. The topological polar surface area (TPSA) is 44.4 Å². The molecule has 0 radical (unpaired) electrons. The molecule has 0 aliphatic carbocycles. The van der Waals surface area contributed by atoms with Gasteiger partial charge < -0.3 is 15.5 Å². The maximum atomic E-state index is 11.6. The number of amides is 1. The van der Waals surface area contributed by atoms with Crippen molar-refractivity contribution in [3.05, 3.63) is 0 Å². The summed E-state index contributed by atoms with van der Waals surface area (Å²) in [4.78, 5) is 14.1. The molecule has 1 atom stereocenters. The first-order valence-electron chi connectivity index (χ1n) is 7.04. The van der Waals surface area contributed by atoms with Gasteiger partial charge in [0.05, 0.1) is 0 Å². The fraction of sp³-hybridized carbons (Fsp3) is 0.923. The summed E-state index contributed by atoms with van der Waals surface area (Å²) in [5, 5.41) is 6.37. The standard InChI is InChI=1S/C13H25N3O/c17-13(4-3-12-5-6-14-11-12)15-7-10-16-8-1-2-9-16/h12,14H,1-11H2,(H,15,17). The third-order valence-electron chi connectivity index (χ3n) is 3.89. The Bertz CT molecular complexity index is 233. The second-order valence-corrected chi connectivity index (χ2v) is 5.30. The van der Waals surface area contributed by atoms with Crippen molar-refractivity contribution in [2.24, 2.45) is 5.92 Å². The van der Waals surface area contributed by atoms with E-state index in [1.807, 2.05) is 0 Å². The summed E-state index contributed by atoms with van der Waals surface area (Å²) in [5.74, 6) is 0.954. The summed E-state index contributed by atoms with van der Waals surface area (Å²) < 4.78 is 0. The summed E-state index contributed by atoms with van der Waals surface area (Å²) in [6.07, 6.45) is 5.63. The number of rotatable bonds is 6. The zero-order valence-corrected chi connectivity index (χ0v) is 10.7. The zero-order chi connectivity index (χ0) is 11.9. The molecule has 0 bridgehead atoms. The quantitative estimate of drug-likeness (QED) is 0.713. The molecule has 2 heterocycles. The maximum Gasteiger partial charge on any atom is 0.220 e. The van der Waals surface area contributed by atoms with Crippen molar-refractivity contribution in [2.75, 3.05) is 39.3 Å². The first kappa shape index (κ1) is 12.8. The largest absolute Gasteiger partial charge is 0.355 e. The molecule has 2 saturated heterocycles. The molecule has 98 valence electrons. The lowest BCUT2D eigenvalue weighted by atomic mass is 10.0. The van der Waals surface area contributed by atoms with Crippen molar-refractivity contribution in [2.45, 2.75) is 32.1 Å². The fourth-order valence-electron chi connectivity index (χ4n) is 2.74. The normalized spacial score (nSPS) is 25.3. The van der Waals surface area contributed by atoms with Crippen molar-refractivity contribution in [3.8, 4) is 0 Å². The first-order chi connectivity index (χ1) is 8.34. The lowest BCUT2D eigenvalue weighted by Gasteiger charge is -2.15. The molecule has 0 aromatic carbocycles. The SMILES string of the molecule is O=C(CCC1CCNC1)NCCN1CCCC1. The fourth-order valence-corrected chi connectivity index (χ4v) is 2.74. The lowest BCUT2D eigenvalue weighted by Crippen LogP contribution is -2.33. The van der Waals surface area contributed by atoms with Crippen LogP contribution in [0.25, 0.3) is 0 Å². The number of carbonyl (C=O) groups is 1. The molecule has 17 heavy (non-hydrogen) atoms. The minimum absolute atomic E-state index is 0.232. The average Bonchev–Trinajstić information content (AvgIpc) is 2.99. The van der Waals surface area contributed by atoms with E-state index in [0.717, 1.165) is 38.5 Å². The highest BCUT2D eigenvalue weighted by Gasteiger charge is 2.16. The Morgan fingerprint density at radius 1 is 1.35 bits per heavy atom. The van der Waals surface area contributed by atoms with Gasteiger partial charge in [-0.2, -0.15) is 0 Å². The predicted octanol–water partition coefficient (Wildman–Crippen LogP) is 0.588. The Labute approximate surface area is 104 Å². The molecule has 0 spiro atoms. The maximum absolute atomic E-state index is 11.6. The van der Waals surface area contributed by atoms with E-state index in [0.29, 0.717) is 6.42 Å². The van der Waals surface area contributed by atoms with E-state index in [4.69, 9.17) is 0 Å². The molecule has 0 saturated carbocycles. The predicted molar refractivity (Wildman–Crippen MR) is 68.9 cm³/mol. The van der Waals surface area contributed by atoms with Crippen molar-refractivity contribution >= 4 is 5.91 Å². The molecule has 2 fully saturated rings. The van der Waals surface area contributed by atoms with Crippen LogP contribution in [0.1, 0.15) is 32.1 Å². The molecule has 0 aromatic heterocycles. The van der Waals surface area contributed by atoms with Crippen LogP contribution < -0.4 is 10.6 Å². The molecular weight excluding hydrogens is 214 g/mol. The molecule has 1 unspecified atom stereocenters. The minimum atomic E-state index is 0.232. The van der Waals surface area contributed by atoms with E-state index >= 15 is 0 Å². The van der Waals surface area contributed by atoms with Gasteiger partial charge in [0.25, 0.3) is 0 Å². The third-order valence-corrected chi connectivity index (χ3v) is 3.89. The number of nitrogens with zero attached hydrogens (tertiary/aromatic N) is 1. The van der Waals surface area contributed by atoms with E-state index < -0.39 is 0 Å². The van der Waals surface area contributed by atoms with Gasteiger partial charge >= 0.3 is 0 Å². The summed E-state index contributed by atoms with van der Waals surface area (Å²) in [6, 6.07) is 0. The Balaban J connectivity index is 1.48. The number of carbonyl (C=O) groups excluding carboxylic acids is 1. The van der Waals surface area contributed by atoms with Crippen LogP contribution in [-0.2, 0) is 4.79 Å². The van der Waals surface area contributed by atoms with Gasteiger partial charge in [-0.25, -0.2) is 0 Å². The molecule has 2 aliphatic rings. The van der Waals surface area contributed by atoms with E-state index in [2.05, 4.69) is 15.5 Å². The molecule has 2 rings (SSSR count). The molecule has 2 N–H and O–H groups in total. The van der Waals surface area contributed by atoms with Gasteiger partial charge in [-0.05, 0) is 57.8 Å². The highest BCUT2D eigenvalue weighted by atomic mass is 16.1. The van der Waals surface area contributed by atoms with Gasteiger partial charge in [0, 0.05) is 19.5 Å². The van der Waals surface area contributed by atoms with Crippen LogP contribution in [0.15, 0.2) is 0 Å². The van der Waals surface area contributed by atoms with Gasteiger partial charge in [-0.15, -0.1) is 0 Å². The van der Waals surface area contributed by atoms with Crippen molar-refractivity contribution < 1.29 is 4.79 Å². The number of nitrogens with one attached hydrogen (secondary N) is 2. The Morgan fingerprint density at radius 3 is 2.88 bits per heavy atom. The summed E-state index contributed by atoms with van der Waals surface area (Å²) >= 11 is 0. The molecule has 2 aliphatic heterocycles. The number of hydrogen-bond donors (Lipinski definition) is 2. The van der Waals surface area contributed by atoms with Crippen LogP contribution in [0.5, 0.6) is 0 Å². The van der Waals surface area contributed by atoms with Gasteiger partial charge in [0.1, 0.15) is 0 Å². The minimum Gasteiger partial charge on any atom is -0.355 e. The zero-order valence-electron chi connectivity index (χ0n) is 10.7. The van der Waals surface area contributed by atoms with Gasteiger partial charge in [0.2, 0.25) is 5.91 Å². The Kier molecular flexibility index (Phi) is 5.26. The summed E-state index contributed by atoms with van der Waals surface area (Å²) in [5.41, 5.74) is 0. The first-order valence-corrected chi connectivity index (χ1v) is 7.04. The molecule has 0 aromatic rings. The van der Waals surface area contributed by atoms with Crippen molar-refractivity contribution in [3.63, 3.8) is 0 Å². The second kappa shape index (κ2) is 6.97. The molecule has 1 amide bonds. The smallest absolute Gasteiger partial charge is 0.220 e. The van der Waals surface area contributed by atoms with Crippen LogP contribution in [0.3, 0.4) is 0 Å². The van der Waals surface area contributed by atoms with Gasteiger partial charge in [-0.1, -0.05) is 0 Å². The van der Waals surface area contributed by atoms with Crippen molar-refractivity contribution in [1.29, 1.82) is 0 Å². The summed E-state index contributed by atoms with van der Waals surface area (Å²) in [7, 11) is 0. The van der Waals surface area contributed by atoms with E-state index in [9.17, 15) is 4.79 Å². The highest BCUT2D eigenvalue weighted by Crippen LogP contribution is 2.13. The van der Waals surface area contributed by atoms with Crippen molar-refractivity contribution in [1.82, 2.24) is 15.5 Å². The highest BCUT2D eigenvalue weighted by molar-refractivity contribution is 5.75. The number of likely N-dealkylation sites (tertiary alicyclic amines) is 1. The monoisotopic (exact) mass is 239 g/mol. The van der Waals surface area contributed by atoms with E-state index in [1.54, 1.807) is 0 Å². The molecular formula is C13H25N3O. The Morgan fingerprint density at radius 2 is 2.18 bits per heavy atom. The second-order valence-electron chi connectivity index (χ2n) is 5.30. The average molecular weight is 239 g/mol. The van der Waals surface area contributed by atoms with Crippen LogP contribution >= 0.6 is 0 Å². The van der Waals surface area contributed by atoms with E-state index in [-0.39, 0.29) is 5.91 Å². The molecule has 4 nitrogen and oxygen atoms in total. The van der Waals surface area contributed by atoms with Crippen LogP contribution in [0.4, 0.5) is 0 Å². The lowest BCUT2D eigenvalue weighted by molar-refractivity contribution is -0.121. The van der Waals surface area contributed by atoms with Crippen LogP contribution in [0.2, 0.25) is 0 Å².